The molecule has 0 spiro atoms. The van der Waals surface area contributed by atoms with Gasteiger partial charge in [0.15, 0.2) is 0 Å². The Morgan fingerprint density at radius 1 is 1.24 bits per heavy atom. The van der Waals surface area contributed by atoms with Gasteiger partial charge in [-0.05, 0) is 29.7 Å². The van der Waals surface area contributed by atoms with Crippen molar-refractivity contribution < 1.29 is 4.74 Å². The fraction of sp³-hybridized carbons (Fsp3) is 0.571. The average Bonchev–Trinajstić information content (AvgIpc) is 2.28. The first-order valence-corrected chi connectivity index (χ1v) is 5.97. The Balaban J connectivity index is 2.90. The van der Waals surface area contributed by atoms with Crippen LogP contribution in [0.25, 0.3) is 0 Å². The minimum Gasteiger partial charge on any atom is -0.497 e. The SMILES string of the molecule is COc1ccc(N(C)C(CN)C(C)(C)C)cc1. The van der Waals surface area contributed by atoms with E-state index in [1.54, 1.807) is 7.11 Å². The van der Waals surface area contributed by atoms with E-state index in [1.807, 2.05) is 12.1 Å². The zero-order valence-electron chi connectivity index (χ0n) is 11.5. The molecule has 0 aromatic heterocycles. The smallest absolute Gasteiger partial charge is 0.119 e. The largest absolute Gasteiger partial charge is 0.497 e. The molecule has 0 aliphatic heterocycles. The molecule has 1 rings (SSSR count). The van der Waals surface area contributed by atoms with Crippen molar-refractivity contribution in [3.05, 3.63) is 24.3 Å². The minimum absolute atomic E-state index is 0.156. The predicted octanol–water partition coefficient (Wildman–Crippen LogP) is 2.50. The molecule has 0 amide bonds. The van der Waals surface area contributed by atoms with Crippen molar-refractivity contribution in [3.63, 3.8) is 0 Å². The first-order valence-electron chi connectivity index (χ1n) is 5.97. The number of nitrogens with zero attached hydrogens (tertiary/aromatic N) is 1. The average molecular weight is 236 g/mol. The van der Waals surface area contributed by atoms with Crippen molar-refractivity contribution in [3.8, 4) is 5.75 Å². The predicted molar refractivity (Wildman–Crippen MR) is 73.7 cm³/mol. The summed E-state index contributed by atoms with van der Waals surface area (Å²) in [6, 6.07) is 8.39. The van der Waals surface area contributed by atoms with Crippen LogP contribution < -0.4 is 15.4 Å². The number of hydrogen-bond acceptors (Lipinski definition) is 3. The molecule has 0 aliphatic rings. The number of ether oxygens (including phenoxy) is 1. The zero-order valence-corrected chi connectivity index (χ0v) is 11.5. The topological polar surface area (TPSA) is 38.5 Å². The van der Waals surface area contributed by atoms with Crippen LogP contribution in [0.4, 0.5) is 5.69 Å². The van der Waals surface area contributed by atoms with Crippen molar-refractivity contribution in [1.82, 2.24) is 0 Å². The summed E-state index contributed by atoms with van der Waals surface area (Å²) in [5.41, 5.74) is 7.21. The van der Waals surface area contributed by atoms with Crippen LogP contribution in [0.15, 0.2) is 24.3 Å². The fourth-order valence-corrected chi connectivity index (χ4v) is 2.09. The summed E-state index contributed by atoms with van der Waals surface area (Å²) in [6.07, 6.45) is 0. The number of benzene rings is 1. The van der Waals surface area contributed by atoms with Gasteiger partial charge in [0.25, 0.3) is 0 Å². The first-order chi connectivity index (χ1) is 7.90. The highest BCUT2D eigenvalue weighted by molar-refractivity contribution is 5.49. The van der Waals surface area contributed by atoms with Crippen LogP contribution in [0.5, 0.6) is 5.75 Å². The summed E-state index contributed by atoms with van der Waals surface area (Å²) in [5, 5.41) is 0. The van der Waals surface area contributed by atoms with E-state index in [2.05, 4.69) is 44.9 Å². The molecule has 0 bridgehead atoms. The van der Waals surface area contributed by atoms with Crippen molar-refractivity contribution in [2.75, 3.05) is 25.6 Å². The van der Waals surface area contributed by atoms with Gasteiger partial charge in [-0.1, -0.05) is 20.8 Å². The number of methoxy groups -OCH3 is 1. The monoisotopic (exact) mass is 236 g/mol. The lowest BCUT2D eigenvalue weighted by Crippen LogP contribution is -2.47. The molecule has 0 aliphatic carbocycles. The maximum Gasteiger partial charge on any atom is 0.119 e. The molecule has 1 aromatic rings. The lowest BCUT2D eigenvalue weighted by molar-refractivity contribution is 0.316. The first kappa shape index (κ1) is 13.8. The zero-order chi connectivity index (χ0) is 13.1. The summed E-state index contributed by atoms with van der Waals surface area (Å²) >= 11 is 0. The number of anilines is 1. The quantitative estimate of drug-likeness (QED) is 0.873. The molecule has 2 N–H and O–H groups in total. The van der Waals surface area contributed by atoms with Gasteiger partial charge in [0.1, 0.15) is 5.75 Å². The van der Waals surface area contributed by atoms with E-state index in [4.69, 9.17) is 10.5 Å². The van der Waals surface area contributed by atoms with Gasteiger partial charge < -0.3 is 15.4 Å². The Labute approximate surface area is 105 Å². The summed E-state index contributed by atoms with van der Waals surface area (Å²) < 4.78 is 5.16. The summed E-state index contributed by atoms with van der Waals surface area (Å²) in [6.45, 7) is 7.28. The molecule has 0 heterocycles. The number of rotatable bonds is 4. The van der Waals surface area contributed by atoms with Gasteiger partial charge in [-0.2, -0.15) is 0 Å². The van der Waals surface area contributed by atoms with Crippen LogP contribution in [-0.2, 0) is 0 Å². The molecule has 1 unspecified atom stereocenters. The van der Waals surface area contributed by atoms with Crippen LogP contribution in [0.3, 0.4) is 0 Å². The second-order valence-electron chi connectivity index (χ2n) is 5.43. The number of likely N-dealkylation sites (N-methyl/N-ethyl adjacent to an activating group) is 1. The third-order valence-electron chi connectivity index (χ3n) is 3.17. The van der Waals surface area contributed by atoms with E-state index >= 15 is 0 Å². The Morgan fingerprint density at radius 2 is 1.76 bits per heavy atom. The maximum absolute atomic E-state index is 5.89. The third kappa shape index (κ3) is 3.37. The highest BCUT2D eigenvalue weighted by Crippen LogP contribution is 2.28. The lowest BCUT2D eigenvalue weighted by atomic mass is 9.85. The van der Waals surface area contributed by atoms with Gasteiger partial charge in [0.2, 0.25) is 0 Å². The molecule has 17 heavy (non-hydrogen) atoms. The number of nitrogens with two attached hydrogens (primary N) is 1. The van der Waals surface area contributed by atoms with E-state index in [1.165, 1.54) is 0 Å². The summed E-state index contributed by atoms with van der Waals surface area (Å²) in [7, 11) is 3.77. The molecule has 0 saturated heterocycles. The van der Waals surface area contributed by atoms with Crippen molar-refractivity contribution >= 4 is 5.69 Å². The summed E-state index contributed by atoms with van der Waals surface area (Å²) in [5.74, 6) is 0.877. The Kier molecular flexibility index (Phi) is 4.40. The molecule has 3 heteroatoms. The van der Waals surface area contributed by atoms with E-state index in [0.717, 1.165) is 11.4 Å². The summed E-state index contributed by atoms with van der Waals surface area (Å²) in [4.78, 5) is 2.24. The van der Waals surface area contributed by atoms with Crippen LogP contribution in [0.2, 0.25) is 0 Å². The fourth-order valence-electron chi connectivity index (χ4n) is 2.09. The highest BCUT2D eigenvalue weighted by Gasteiger charge is 2.27. The Hall–Kier alpha value is -1.22. The van der Waals surface area contributed by atoms with Crippen LogP contribution >= 0.6 is 0 Å². The van der Waals surface area contributed by atoms with Crippen LogP contribution in [0, 0.1) is 5.41 Å². The van der Waals surface area contributed by atoms with E-state index in [9.17, 15) is 0 Å². The molecule has 1 atom stereocenters. The van der Waals surface area contributed by atoms with Gasteiger partial charge >= 0.3 is 0 Å². The molecule has 3 nitrogen and oxygen atoms in total. The molecule has 0 fully saturated rings. The standard InChI is InChI=1S/C14H24N2O/c1-14(2,3)13(10-15)16(4)11-6-8-12(17-5)9-7-11/h6-9,13H,10,15H2,1-5H3. The lowest BCUT2D eigenvalue weighted by Gasteiger charge is -2.38. The third-order valence-corrected chi connectivity index (χ3v) is 3.17. The molecule has 96 valence electrons. The Bertz CT molecular complexity index is 340. The minimum atomic E-state index is 0.156. The second kappa shape index (κ2) is 5.41. The molecule has 0 saturated carbocycles. The van der Waals surface area contributed by atoms with E-state index in [0.29, 0.717) is 12.6 Å². The van der Waals surface area contributed by atoms with Crippen molar-refractivity contribution in [2.45, 2.75) is 26.8 Å². The van der Waals surface area contributed by atoms with Crippen molar-refractivity contribution in [2.24, 2.45) is 11.1 Å². The second-order valence-corrected chi connectivity index (χ2v) is 5.43. The molecule has 1 aromatic carbocycles. The molecular weight excluding hydrogens is 212 g/mol. The van der Waals surface area contributed by atoms with Gasteiger partial charge in [-0.15, -0.1) is 0 Å². The van der Waals surface area contributed by atoms with E-state index < -0.39 is 0 Å². The van der Waals surface area contributed by atoms with Gasteiger partial charge in [0.05, 0.1) is 7.11 Å². The maximum atomic E-state index is 5.89. The van der Waals surface area contributed by atoms with Crippen LogP contribution in [0.1, 0.15) is 20.8 Å². The number of hydrogen-bond donors (Lipinski definition) is 1. The van der Waals surface area contributed by atoms with Gasteiger partial charge in [0, 0.05) is 25.3 Å². The van der Waals surface area contributed by atoms with E-state index in [-0.39, 0.29) is 5.41 Å². The van der Waals surface area contributed by atoms with Crippen LogP contribution in [-0.4, -0.2) is 26.7 Å². The molecule has 0 radical (unpaired) electrons. The highest BCUT2D eigenvalue weighted by atomic mass is 16.5. The van der Waals surface area contributed by atoms with Gasteiger partial charge in [-0.25, -0.2) is 0 Å². The van der Waals surface area contributed by atoms with Gasteiger partial charge in [-0.3, -0.25) is 0 Å². The normalized spacial score (nSPS) is 13.3. The van der Waals surface area contributed by atoms with Crippen molar-refractivity contribution in [1.29, 1.82) is 0 Å². The Morgan fingerprint density at radius 3 is 2.12 bits per heavy atom. The molecular formula is C14H24N2O.